The lowest BCUT2D eigenvalue weighted by Gasteiger charge is -2.37. The molecular weight excluding hydrogens is 371 g/mol. The standard InChI is InChI=1S/C22H33FN4O2/c1-4-24-21(25-16-22(2,3)17-7-9-18(23)10-8-17)27-13-11-26(12-14-27)20(28)19-6-5-15-29-19/h7-10,19H,4-6,11-16H2,1-3H3,(H,24,25). The Balaban J connectivity index is 1.60. The number of ether oxygens (including phenoxy) is 1. The van der Waals surface area contributed by atoms with E-state index in [0.717, 1.165) is 44.0 Å². The summed E-state index contributed by atoms with van der Waals surface area (Å²) in [5, 5.41) is 3.37. The Kier molecular flexibility index (Phi) is 7.11. The molecule has 1 unspecified atom stereocenters. The smallest absolute Gasteiger partial charge is 0.251 e. The maximum absolute atomic E-state index is 13.2. The molecule has 7 heteroatoms. The molecule has 1 amide bonds. The van der Waals surface area contributed by atoms with Crippen LogP contribution in [0.15, 0.2) is 29.3 Å². The molecule has 1 aromatic rings. The lowest BCUT2D eigenvalue weighted by Crippen LogP contribution is -2.55. The highest BCUT2D eigenvalue weighted by Crippen LogP contribution is 2.24. The summed E-state index contributed by atoms with van der Waals surface area (Å²) in [4.78, 5) is 21.5. The van der Waals surface area contributed by atoms with Crippen LogP contribution in [0.3, 0.4) is 0 Å². The Hall–Kier alpha value is -2.15. The van der Waals surface area contributed by atoms with Gasteiger partial charge in [0.1, 0.15) is 11.9 Å². The second-order valence-electron chi connectivity index (χ2n) is 8.37. The lowest BCUT2D eigenvalue weighted by molar-refractivity contribution is -0.142. The van der Waals surface area contributed by atoms with E-state index in [0.29, 0.717) is 26.2 Å². The van der Waals surface area contributed by atoms with Crippen LogP contribution in [0.4, 0.5) is 4.39 Å². The number of hydrogen-bond acceptors (Lipinski definition) is 3. The third kappa shape index (κ3) is 5.47. The Bertz CT molecular complexity index is 706. The van der Waals surface area contributed by atoms with E-state index >= 15 is 0 Å². The summed E-state index contributed by atoms with van der Waals surface area (Å²) in [5.74, 6) is 0.769. The predicted molar refractivity (Wildman–Crippen MR) is 113 cm³/mol. The van der Waals surface area contributed by atoms with E-state index in [2.05, 4.69) is 31.0 Å². The predicted octanol–water partition coefficient (Wildman–Crippen LogP) is 2.39. The summed E-state index contributed by atoms with van der Waals surface area (Å²) in [7, 11) is 0. The Morgan fingerprint density at radius 1 is 1.21 bits per heavy atom. The minimum absolute atomic E-state index is 0.126. The molecule has 3 rings (SSSR count). The second kappa shape index (κ2) is 9.57. The normalized spacial score (nSPS) is 20.8. The van der Waals surface area contributed by atoms with Crippen molar-refractivity contribution in [2.45, 2.75) is 45.1 Å². The first-order valence-electron chi connectivity index (χ1n) is 10.6. The van der Waals surface area contributed by atoms with Crippen molar-refractivity contribution in [3.05, 3.63) is 35.6 Å². The van der Waals surface area contributed by atoms with E-state index in [9.17, 15) is 9.18 Å². The summed E-state index contributed by atoms with van der Waals surface area (Å²) in [6, 6.07) is 6.65. The molecule has 0 radical (unpaired) electrons. The summed E-state index contributed by atoms with van der Waals surface area (Å²) < 4.78 is 18.8. The highest BCUT2D eigenvalue weighted by Gasteiger charge is 2.31. The molecule has 0 spiro atoms. The van der Waals surface area contributed by atoms with Crippen molar-refractivity contribution in [2.75, 3.05) is 45.9 Å². The van der Waals surface area contributed by atoms with E-state index < -0.39 is 0 Å². The van der Waals surface area contributed by atoms with Gasteiger partial charge in [-0.1, -0.05) is 26.0 Å². The molecule has 2 aliphatic rings. The van der Waals surface area contributed by atoms with Gasteiger partial charge in [0.25, 0.3) is 5.91 Å². The topological polar surface area (TPSA) is 57.2 Å². The number of nitrogens with zero attached hydrogens (tertiary/aromatic N) is 3. The van der Waals surface area contributed by atoms with Crippen LogP contribution in [0.2, 0.25) is 0 Å². The number of carbonyl (C=O) groups is 1. The Morgan fingerprint density at radius 2 is 1.86 bits per heavy atom. The zero-order valence-electron chi connectivity index (χ0n) is 17.8. The van der Waals surface area contributed by atoms with Crippen molar-refractivity contribution in [3.63, 3.8) is 0 Å². The zero-order chi connectivity index (χ0) is 20.9. The Labute approximate surface area is 173 Å². The van der Waals surface area contributed by atoms with Crippen LogP contribution in [0.25, 0.3) is 0 Å². The molecule has 0 aromatic heterocycles. The maximum atomic E-state index is 13.2. The summed E-state index contributed by atoms with van der Waals surface area (Å²) >= 11 is 0. The van der Waals surface area contributed by atoms with E-state index in [1.807, 2.05) is 17.0 Å². The van der Waals surface area contributed by atoms with Crippen LogP contribution < -0.4 is 5.32 Å². The van der Waals surface area contributed by atoms with Crippen molar-refractivity contribution in [2.24, 2.45) is 4.99 Å². The minimum atomic E-state index is -0.250. The number of piperazine rings is 1. The number of hydrogen-bond donors (Lipinski definition) is 1. The number of aliphatic imine (C=N–C) groups is 1. The first kappa shape index (κ1) is 21.6. The van der Waals surface area contributed by atoms with Crippen LogP contribution >= 0.6 is 0 Å². The van der Waals surface area contributed by atoms with E-state index in [4.69, 9.17) is 9.73 Å². The molecule has 0 aliphatic carbocycles. The Morgan fingerprint density at radius 3 is 2.45 bits per heavy atom. The summed E-state index contributed by atoms with van der Waals surface area (Å²) in [6.07, 6.45) is 1.55. The number of rotatable bonds is 5. The molecular formula is C22H33FN4O2. The van der Waals surface area contributed by atoms with Gasteiger partial charge in [0.2, 0.25) is 0 Å². The van der Waals surface area contributed by atoms with Crippen molar-refractivity contribution in [1.29, 1.82) is 0 Å². The molecule has 1 aromatic carbocycles. The number of amides is 1. The molecule has 0 saturated carbocycles. The van der Waals surface area contributed by atoms with Gasteiger partial charge < -0.3 is 19.9 Å². The van der Waals surface area contributed by atoms with Crippen molar-refractivity contribution in [1.82, 2.24) is 15.1 Å². The maximum Gasteiger partial charge on any atom is 0.251 e. The molecule has 1 atom stereocenters. The minimum Gasteiger partial charge on any atom is -0.368 e. The van der Waals surface area contributed by atoms with Crippen molar-refractivity contribution >= 4 is 11.9 Å². The van der Waals surface area contributed by atoms with Crippen LogP contribution in [-0.2, 0) is 14.9 Å². The van der Waals surface area contributed by atoms with Gasteiger partial charge in [0.15, 0.2) is 5.96 Å². The number of nitrogens with one attached hydrogen (secondary N) is 1. The fourth-order valence-corrected chi connectivity index (χ4v) is 3.81. The van der Waals surface area contributed by atoms with E-state index in [1.165, 1.54) is 12.1 Å². The SMILES string of the molecule is CCNC(=NCC(C)(C)c1ccc(F)cc1)N1CCN(C(=O)C2CCCO2)CC1. The van der Waals surface area contributed by atoms with Crippen LogP contribution in [-0.4, -0.2) is 73.6 Å². The fourth-order valence-electron chi connectivity index (χ4n) is 3.81. The van der Waals surface area contributed by atoms with Gasteiger partial charge in [0, 0.05) is 44.7 Å². The number of benzene rings is 1. The van der Waals surface area contributed by atoms with Crippen molar-refractivity contribution < 1.29 is 13.9 Å². The number of carbonyl (C=O) groups excluding carboxylic acids is 1. The van der Waals surface area contributed by atoms with Gasteiger partial charge in [-0.05, 0) is 37.5 Å². The van der Waals surface area contributed by atoms with Gasteiger partial charge in [0.05, 0.1) is 6.54 Å². The van der Waals surface area contributed by atoms with E-state index in [-0.39, 0.29) is 23.2 Å². The van der Waals surface area contributed by atoms with Crippen LogP contribution in [0.5, 0.6) is 0 Å². The first-order valence-corrected chi connectivity index (χ1v) is 10.6. The number of guanidine groups is 1. The quantitative estimate of drug-likeness (QED) is 0.605. The molecule has 0 bridgehead atoms. The van der Waals surface area contributed by atoms with E-state index in [1.54, 1.807) is 0 Å². The fraction of sp³-hybridized carbons (Fsp3) is 0.636. The van der Waals surface area contributed by atoms with Gasteiger partial charge in [-0.3, -0.25) is 9.79 Å². The third-order valence-electron chi connectivity index (χ3n) is 5.68. The molecule has 2 fully saturated rings. The monoisotopic (exact) mass is 404 g/mol. The van der Waals surface area contributed by atoms with Crippen LogP contribution in [0, 0.1) is 5.82 Å². The average molecular weight is 405 g/mol. The first-order chi connectivity index (χ1) is 13.9. The summed E-state index contributed by atoms with van der Waals surface area (Å²) in [6.45, 7) is 11.2. The van der Waals surface area contributed by atoms with Gasteiger partial charge in [-0.15, -0.1) is 0 Å². The van der Waals surface area contributed by atoms with Crippen LogP contribution in [0.1, 0.15) is 39.2 Å². The van der Waals surface area contributed by atoms with Crippen molar-refractivity contribution in [3.8, 4) is 0 Å². The molecule has 29 heavy (non-hydrogen) atoms. The highest BCUT2D eigenvalue weighted by atomic mass is 19.1. The van der Waals surface area contributed by atoms with Gasteiger partial charge >= 0.3 is 0 Å². The largest absolute Gasteiger partial charge is 0.368 e. The third-order valence-corrected chi connectivity index (χ3v) is 5.68. The molecule has 160 valence electrons. The molecule has 1 N–H and O–H groups in total. The van der Waals surface area contributed by atoms with Gasteiger partial charge in [-0.25, -0.2) is 4.39 Å². The zero-order valence-corrected chi connectivity index (χ0v) is 17.8. The molecule has 2 saturated heterocycles. The highest BCUT2D eigenvalue weighted by molar-refractivity contribution is 5.83. The molecule has 2 aliphatic heterocycles. The molecule has 6 nitrogen and oxygen atoms in total. The molecule has 2 heterocycles. The number of halogens is 1. The average Bonchev–Trinajstić information content (AvgIpc) is 3.26. The lowest BCUT2D eigenvalue weighted by atomic mass is 9.85. The van der Waals surface area contributed by atoms with Gasteiger partial charge in [-0.2, -0.15) is 0 Å². The summed E-state index contributed by atoms with van der Waals surface area (Å²) in [5.41, 5.74) is 0.858. The second-order valence-corrected chi connectivity index (χ2v) is 8.37.